The van der Waals surface area contributed by atoms with Crippen LogP contribution in [0.5, 0.6) is 0 Å². The molecule has 0 spiro atoms. The van der Waals surface area contributed by atoms with Crippen LogP contribution in [-0.2, 0) is 6.42 Å². The van der Waals surface area contributed by atoms with Gasteiger partial charge in [0.1, 0.15) is 10.6 Å². The second kappa shape index (κ2) is 6.18. The summed E-state index contributed by atoms with van der Waals surface area (Å²) in [6, 6.07) is 2.78. The number of aryl methyl sites for hydroxylation is 1. The zero-order chi connectivity index (χ0) is 14.8. The lowest BCUT2D eigenvalue weighted by Gasteiger charge is -2.30. The molecule has 0 amide bonds. The molecule has 0 aliphatic heterocycles. The van der Waals surface area contributed by atoms with E-state index < -0.39 is 0 Å². The maximum Gasteiger partial charge on any atom is 0.225 e. The Morgan fingerprint density at radius 2 is 2.10 bits per heavy atom. The summed E-state index contributed by atoms with van der Waals surface area (Å²) in [4.78, 5) is 11.7. The van der Waals surface area contributed by atoms with Crippen molar-refractivity contribution in [1.29, 1.82) is 0 Å². The van der Waals surface area contributed by atoms with E-state index in [4.69, 9.17) is 0 Å². The SMILES string of the molecule is CCc1cc2c(NC3CCCCC3C)nc(NC)nc2s1. The molecule has 0 aromatic carbocycles. The van der Waals surface area contributed by atoms with E-state index in [1.165, 1.54) is 35.9 Å². The van der Waals surface area contributed by atoms with E-state index in [-0.39, 0.29) is 0 Å². The molecule has 21 heavy (non-hydrogen) atoms. The summed E-state index contributed by atoms with van der Waals surface area (Å²) in [5.41, 5.74) is 0. The van der Waals surface area contributed by atoms with E-state index in [0.717, 1.165) is 17.1 Å². The highest BCUT2D eigenvalue weighted by Gasteiger charge is 2.23. The van der Waals surface area contributed by atoms with Crippen molar-refractivity contribution in [2.24, 2.45) is 5.92 Å². The number of nitrogens with one attached hydrogen (secondary N) is 2. The van der Waals surface area contributed by atoms with Gasteiger partial charge in [-0.25, -0.2) is 4.98 Å². The molecule has 1 saturated carbocycles. The zero-order valence-electron chi connectivity index (χ0n) is 13.1. The summed E-state index contributed by atoms with van der Waals surface area (Å²) in [5.74, 6) is 2.42. The molecular formula is C16H24N4S. The Bertz CT molecular complexity index is 622. The standard InChI is InChI=1S/C16H24N4S/c1-4-11-9-12-14(18-13-8-6-5-7-10(13)2)19-16(17-3)20-15(12)21-11/h9-10,13H,4-8H2,1-3H3,(H2,17,18,19,20). The van der Waals surface area contributed by atoms with Crippen molar-refractivity contribution in [2.45, 2.75) is 52.0 Å². The molecule has 0 bridgehead atoms. The Hall–Kier alpha value is -1.36. The molecule has 1 fully saturated rings. The largest absolute Gasteiger partial charge is 0.366 e. The number of rotatable bonds is 4. The molecule has 3 rings (SSSR count). The normalized spacial score (nSPS) is 22.4. The molecule has 2 atom stereocenters. The van der Waals surface area contributed by atoms with E-state index in [2.05, 4.69) is 40.5 Å². The molecule has 2 heterocycles. The van der Waals surface area contributed by atoms with Gasteiger partial charge in [0.15, 0.2) is 0 Å². The van der Waals surface area contributed by atoms with Crippen molar-refractivity contribution in [2.75, 3.05) is 17.7 Å². The summed E-state index contributed by atoms with van der Waals surface area (Å²) >= 11 is 1.77. The van der Waals surface area contributed by atoms with Gasteiger partial charge in [0.2, 0.25) is 5.95 Å². The number of anilines is 2. The topological polar surface area (TPSA) is 49.8 Å². The van der Waals surface area contributed by atoms with Crippen LogP contribution < -0.4 is 10.6 Å². The third-order valence-electron chi connectivity index (χ3n) is 4.45. The quantitative estimate of drug-likeness (QED) is 0.885. The van der Waals surface area contributed by atoms with E-state index in [9.17, 15) is 0 Å². The van der Waals surface area contributed by atoms with Crippen LogP contribution in [0.25, 0.3) is 10.2 Å². The molecule has 0 radical (unpaired) electrons. The van der Waals surface area contributed by atoms with Gasteiger partial charge >= 0.3 is 0 Å². The molecule has 1 aliphatic carbocycles. The number of thiophene rings is 1. The average molecular weight is 304 g/mol. The molecule has 2 unspecified atom stereocenters. The van der Waals surface area contributed by atoms with Crippen molar-refractivity contribution in [3.8, 4) is 0 Å². The highest BCUT2D eigenvalue weighted by atomic mass is 32.1. The van der Waals surface area contributed by atoms with Crippen LogP contribution in [0.15, 0.2) is 6.07 Å². The molecule has 2 N–H and O–H groups in total. The molecule has 5 heteroatoms. The Kier molecular flexibility index (Phi) is 4.29. The number of hydrogen-bond acceptors (Lipinski definition) is 5. The molecule has 114 valence electrons. The average Bonchev–Trinajstić information content (AvgIpc) is 2.92. The van der Waals surface area contributed by atoms with Gasteiger partial charge in [0.25, 0.3) is 0 Å². The molecule has 4 nitrogen and oxygen atoms in total. The van der Waals surface area contributed by atoms with Crippen LogP contribution in [0, 0.1) is 5.92 Å². The van der Waals surface area contributed by atoms with Crippen LogP contribution >= 0.6 is 11.3 Å². The Morgan fingerprint density at radius 3 is 2.81 bits per heavy atom. The predicted molar refractivity (Wildman–Crippen MR) is 91.4 cm³/mol. The molecule has 0 saturated heterocycles. The Labute approximate surface area is 130 Å². The first-order chi connectivity index (χ1) is 10.2. The summed E-state index contributed by atoms with van der Waals surface area (Å²) in [6.45, 7) is 4.53. The van der Waals surface area contributed by atoms with Gasteiger partial charge in [-0.1, -0.05) is 26.7 Å². The van der Waals surface area contributed by atoms with Crippen LogP contribution in [0.2, 0.25) is 0 Å². The van der Waals surface area contributed by atoms with Crippen molar-refractivity contribution in [3.05, 3.63) is 10.9 Å². The monoisotopic (exact) mass is 304 g/mol. The van der Waals surface area contributed by atoms with Gasteiger partial charge in [-0.05, 0) is 31.2 Å². The highest BCUT2D eigenvalue weighted by Crippen LogP contribution is 2.33. The number of nitrogens with zero attached hydrogens (tertiary/aromatic N) is 2. The van der Waals surface area contributed by atoms with Crippen molar-refractivity contribution in [1.82, 2.24) is 9.97 Å². The molecule has 2 aromatic rings. The van der Waals surface area contributed by atoms with Crippen molar-refractivity contribution in [3.63, 3.8) is 0 Å². The zero-order valence-corrected chi connectivity index (χ0v) is 13.9. The van der Waals surface area contributed by atoms with Gasteiger partial charge in [0.05, 0.1) is 5.39 Å². The van der Waals surface area contributed by atoms with E-state index in [1.807, 2.05) is 7.05 Å². The lowest BCUT2D eigenvalue weighted by Crippen LogP contribution is -2.30. The molecular weight excluding hydrogens is 280 g/mol. The fourth-order valence-corrected chi connectivity index (χ4v) is 4.04. The number of hydrogen-bond donors (Lipinski definition) is 2. The predicted octanol–water partition coefficient (Wildman–Crippen LogP) is 4.29. The minimum absolute atomic E-state index is 0.534. The maximum atomic E-state index is 4.67. The van der Waals surface area contributed by atoms with E-state index in [0.29, 0.717) is 17.9 Å². The summed E-state index contributed by atoms with van der Waals surface area (Å²) in [6.07, 6.45) is 6.29. The number of fused-ring (bicyclic) bond motifs is 1. The Morgan fingerprint density at radius 1 is 1.29 bits per heavy atom. The van der Waals surface area contributed by atoms with Crippen molar-refractivity contribution >= 4 is 33.3 Å². The van der Waals surface area contributed by atoms with Gasteiger partial charge in [-0.2, -0.15) is 4.98 Å². The van der Waals surface area contributed by atoms with Crippen LogP contribution in [0.1, 0.15) is 44.4 Å². The highest BCUT2D eigenvalue weighted by molar-refractivity contribution is 7.18. The van der Waals surface area contributed by atoms with E-state index in [1.54, 1.807) is 11.3 Å². The lowest BCUT2D eigenvalue weighted by molar-refractivity contribution is 0.349. The number of aromatic nitrogens is 2. The first kappa shape index (κ1) is 14.6. The van der Waals surface area contributed by atoms with Gasteiger partial charge < -0.3 is 10.6 Å². The van der Waals surface area contributed by atoms with Crippen LogP contribution in [0.4, 0.5) is 11.8 Å². The Balaban J connectivity index is 1.96. The minimum Gasteiger partial charge on any atom is -0.366 e. The van der Waals surface area contributed by atoms with Gasteiger partial charge in [-0.3, -0.25) is 0 Å². The second-order valence-corrected chi connectivity index (χ2v) is 7.06. The third kappa shape index (κ3) is 2.98. The summed E-state index contributed by atoms with van der Waals surface area (Å²) < 4.78 is 0. The lowest BCUT2D eigenvalue weighted by atomic mass is 9.86. The minimum atomic E-state index is 0.534. The maximum absolute atomic E-state index is 4.67. The first-order valence-corrected chi connectivity index (χ1v) is 8.77. The van der Waals surface area contributed by atoms with Gasteiger partial charge in [-0.15, -0.1) is 11.3 Å². The molecule has 2 aromatic heterocycles. The second-order valence-electron chi connectivity index (χ2n) is 5.94. The van der Waals surface area contributed by atoms with Gasteiger partial charge in [0, 0.05) is 18.0 Å². The first-order valence-electron chi connectivity index (χ1n) is 7.96. The molecule has 1 aliphatic rings. The van der Waals surface area contributed by atoms with Crippen LogP contribution in [0.3, 0.4) is 0 Å². The third-order valence-corrected chi connectivity index (χ3v) is 5.62. The van der Waals surface area contributed by atoms with Crippen LogP contribution in [-0.4, -0.2) is 23.1 Å². The summed E-state index contributed by atoms with van der Waals surface area (Å²) in [5, 5.41) is 7.96. The fraction of sp³-hybridized carbons (Fsp3) is 0.625. The van der Waals surface area contributed by atoms with E-state index >= 15 is 0 Å². The summed E-state index contributed by atoms with van der Waals surface area (Å²) in [7, 11) is 1.88. The van der Waals surface area contributed by atoms with Crippen molar-refractivity contribution < 1.29 is 0 Å². The fourth-order valence-electron chi connectivity index (χ4n) is 3.07. The smallest absolute Gasteiger partial charge is 0.225 e.